The van der Waals surface area contributed by atoms with E-state index in [-0.39, 0.29) is 11.4 Å². The van der Waals surface area contributed by atoms with Crippen LogP contribution < -0.4 is 9.03 Å². The van der Waals surface area contributed by atoms with Gasteiger partial charge in [0, 0.05) is 0 Å². The summed E-state index contributed by atoms with van der Waals surface area (Å²) in [5.74, 6) is -1.50. The van der Waals surface area contributed by atoms with E-state index in [0.29, 0.717) is 12.8 Å². The molecule has 1 aromatic rings. The summed E-state index contributed by atoms with van der Waals surface area (Å²) >= 11 is 0. The van der Waals surface area contributed by atoms with E-state index in [1.807, 2.05) is 4.72 Å². The zero-order valence-corrected chi connectivity index (χ0v) is 16.3. The van der Waals surface area contributed by atoms with Crippen molar-refractivity contribution < 1.29 is 28.5 Å². The Balaban J connectivity index is 1.89. The number of carboxylic acid groups (broad SMARTS) is 1. The van der Waals surface area contributed by atoms with Crippen molar-refractivity contribution in [3.8, 4) is 5.75 Å². The fourth-order valence-electron chi connectivity index (χ4n) is 2.84. The summed E-state index contributed by atoms with van der Waals surface area (Å²) in [5.41, 5.74) is 0.233. The molecule has 4 N–H and O–H groups in total. The quantitative estimate of drug-likeness (QED) is 0.474. The highest BCUT2D eigenvalue weighted by molar-refractivity contribution is 7.91. The normalized spacial score (nSPS) is 16.1. The van der Waals surface area contributed by atoms with Gasteiger partial charge in [-0.2, -0.15) is 8.42 Å². The van der Waals surface area contributed by atoms with Crippen molar-refractivity contribution in [2.24, 2.45) is 5.41 Å². The van der Waals surface area contributed by atoms with E-state index in [1.165, 1.54) is 6.07 Å². The number of anilines is 1. The van der Waals surface area contributed by atoms with Gasteiger partial charge in [0.15, 0.2) is 0 Å². The first-order valence-electron chi connectivity index (χ1n) is 8.81. The Labute approximate surface area is 159 Å². The first kappa shape index (κ1) is 20.9. The van der Waals surface area contributed by atoms with Crippen LogP contribution in [0.4, 0.5) is 5.69 Å². The summed E-state index contributed by atoms with van der Waals surface area (Å²) in [4.78, 5) is 11.1. The van der Waals surface area contributed by atoms with E-state index in [0.717, 1.165) is 41.8 Å². The lowest BCUT2D eigenvalue weighted by molar-refractivity contribution is -0.147. The van der Waals surface area contributed by atoms with Gasteiger partial charge >= 0.3 is 16.2 Å². The monoisotopic (exact) mass is 398 g/mol. The first-order chi connectivity index (χ1) is 12.5. The van der Waals surface area contributed by atoms with Crippen LogP contribution in [0, 0.1) is 5.41 Å². The number of hydrogen-bond acceptors (Lipinski definition) is 5. The number of aryl methyl sites for hydroxylation is 1. The highest BCUT2D eigenvalue weighted by Gasteiger charge is 2.30. The number of hydrogen-bond donors (Lipinski definition) is 4. The summed E-state index contributed by atoms with van der Waals surface area (Å²) in [6, 6.07) is 4.74. The van der Waals surface area contributed by atoms with Gasteiger partial charge in [-0.3, -0.25) is 4.79 Å². The van der Waals surface area contributed by atoms with Crippen LogP contribution >= 0.6 is 0 Å². The number of benzene rings is 1. The predicted octanol–water partition coefficient (Wildman–Crippen LogP) is 3.01. The van der Waals surface area contributed by atoms with Gasteiger partial charge in [-0.15, -0.1) is 0 Å². The molecule has 0 aliphatic carbocycles. The van der Waals surface area contributed by atoms with Gasteiger partial charge in [0.2, 0.25) is 5.88 Å². The molecule has 0 amide bonds. The second kappa shape index (κ2) is 8.08. The number of nitrogens with zero attached hydrogens (tertiary/aromatic N) is 1. The average molecular weight is 398 g/mol. The van der Waals surface area contributed by atoms with E-state index in [4.69, 9.17) is 5.11 Å². The van der Waals surface area contributed by atoms with Crippen LogP contribution in [-0.2, 0) is 21.4 Å². The van der Waals surface area contributed by atoms with Gasteiger partial charge in [-0.05, 0) is 50.8 Å². The Morgan fingerprint density at radius 2 is 1.81 bits per heavy atom. The molecule has 2 rings (SSSR count). The number of phenolic OH excluding ortho intramolecular Hbond substituents is 1. The van der Waals surface area contributed by atoms with Crippen molar-refractivity contribution in [3.05, 3.63) is 35.8 Å². The molecule has 0 radical (unpaired) electrons. The molecule has 8 nitrogen and oxygen atoms in total. The van der Waals surface area contributed by atoms with Crippen LogP contribution in [0.15, 0.2) is 30.3 Å². The molecule has 150 valence electrons. The number of aliphatic hydroxyl groups excluding tert-OH is 1. The van der Waals surface area contributed by atoms with Crippen LogP contribution in [0.5, 0.6) is 5.75 Å². The number of aliphatic carboxylic acids is 1. The highest BCUT2D eigenvalue weighted by atomic mass is 32.2. The molecular weight excluding hydrogens is 372 g/mol. The number of carboxylic acids is 1. The number of unbranched alkanes of at least 4 members (excludes halogenated alkanes) is 3. The zero-order valence-electron chi connectivity index (χ0n) is 15.5. The molecule has 1 aliphatic heterocycles. The van der Waals surface area contributed by atoms with Crippen molar-refractivity contribution in [1.82, 2.24) is 4.72 Å². The molecule has 1 aromatic carbocycles. The summed E-state index contributed by atoms with van der Waals surface area (Å²) in [6.07, 6.45) is 5.87. The molecule has 1 heterocycles. The van der Waals surface area contributed by atoms with Crippen molar-refractivity contribution >= 4 is 21.9 Å². The van der Waals surface area contributed by atoms with E-state index in [9.17, 15) is 23.4 Å². The third kappa shape index (κ3) is 5.29. The number of carbonyl (C=O) groups is 1. The fraction of sp³-hybridized carbons (Fsp3) is 0.500. The van der Waals surface area contributed by atoms with Gasteiger partial charge in [0.25, 0.3) is 0 Å². The molecule has 0 saturated heterocycles. The maximum Gasteiger partial charge on any atom is 0.330 e. The molecule has 0 atom stereocenters. The van der Waals surface area contributed by atoms with Gasteiger partial charge < -0.3 is 15.3 Å². The second-order valence-electron chi connectivity index (χ2n) is 7.34. The molecule has 27 heavy (non-hydrogen) atoms. The van der Waals surface area contributed by atoms with E-state index in [2.05, 4.69) is 0 Å². The minimum Gasteiger partial charge on any atom is -0.506 e. The lowest BCUT2D eigenvalue weighted by Gasteiger charge is -2.18. The predicted molar refractivity (Wildman–Crippen MR) is 102 cm³/mol. The summed E-state index contributed by atoms with van der Waals surface area (Å²) < 4.78 is 26.6. The second-order valence-corrected chi connectivity index (χ2v) is 8.89. The van der Waals surface area contributed by atoms with Gasteiger partial charge in [-0.25, -0.2) is 9.03 Å². The minimum absolute atomic E-state index is 0.0762. The number of rotatable bonds is 9. The smallest absolute Gasteiger partial charge is 0.330 e. The minimum atomic E-state index is -3.95. The molecular formula is C18H26N2O6S. The lowest BCUT2D eigenvalue weighted by Crippen LogP contribution is -2.29. The summed E-state index contributed by atoms with van der Waals surface area (Å²) in [7, 11) is -3.95. The largest absolute Gasteiger partial charge is 0.506 e. The summed E-state index contributed by atoms with van der Waals surface area (Å²) in [6.45, 7) is 3.45. The van der Waals surface area contributed by atoms with Crippen LogP contribution in [0.2, 0.25) is 0 Å². The molecule has 0 fully saturated rings. The van der Waals surface area contributed by atoms with Gasteiger partial charge in [0.05, 0.1) is 11.6 Å². The van der Waals surface area contributed by atoms with Crippen molar-refractivity contribution in [2.75, 3.05) is 4.31 Å². The Kier molecular flexibility index (Phi) is 6.25. The van der Waals surface area contributed by atoms with Crippen molar-refractivity contribution in [3.63, 3.8) is 0 Å². The average Bonchev–Trinajstić information content (AvgIpc) is 2.84. The molecule has 0 saturated carbocycles. The maximum absolute atomic E-state index is 11.9. The van der Waals surface area contributed by atoms with Crippen LogP contribution in [0.25, 0.3) is 0 Å². The van der Waals surface area contributed by atoms with Gasteiger partial charge in [0.1, 0.15) is 11.4 Å². The third-order valence-electron chi connectivity index (χ3n) is 4.61. The van der Waals surface area contributed by atoms with Crippen LogP contribution in [0.1, 0.15) is 51.5 Å². The number of phenols is 1. The fourth-order valence-corrected chi connectivity index (χ4v) is 3.90. The molecule has 1 aliphatic rings. The van der Waals surface area contributed by atoms with Crippen LogP contribution in [0.3, 0.4) is 0 Å². The molecule has 0 bridgehead atoms. The lowest BCUT2D eigenvalue weighted by atomic mass is 9.87. The first-order valence-corrected chi connectivity index (χ1v) is 10.3. The standard InChI is InChI=1S/C18H26N2O6S/c1-18(2,17(23)24)10-6-4-3-5-7-13-8-9-15(21)14(11-13)20-12-16(22)19-27(20,25)26/h8-9,11-12,19,21-22H,3-7,10H2,1-2H3,(H,23,24). The van der Waals surface area contributed by atoms with Crippen molar-refractivity contribution in [2.45, 2.75) is 52.4 Å². The SMILES string of the molecule is CC(C)(CCCCCCc1ccc(O)c(N2C=C(O)NS2(=O)=O)c1)C(=O)O. The molecule has 9 heteroatoms. The topological polar surface area (TPSA) is 127 Å². The van der Waals surface area contributed by atoms with Crippen molar-refractivity contribution in [1.29, 1.82) is 0 Å². The molecule has 0 unspecified atom stereocenters. The van der Waals surface area contributed by atoms with E-state index < -0.39 is 27.5 Å². The Hall–Kier alpha value is -2.42. The number of nitrogens with one attached hydrogen (secondary N) is 1. The number of aromatic hydroxyl groups is 1. The number of aliphatic hydroxyl groups is 1. The van der Waals surface area contributed by atoms with E-state index in [1.54, 1.807) is 26.0 Å². The Morgan fingerprint density at radius 3 is 2.41 bits per heavy atom. The highest BCUT2D eigenvalue weighted by Crippen LogP contribution is 2.33. The Bertz CT molecular complexity index is 832. The summed E-state index contributed by atoms with van der Waals surface area (Å²) in [5, 5.41) is 28.5. The van der Waals surface area contributed by atoms with Gasteiger partial charge in [-0.1, -0.05) is 25.3 Å². The van der Waals surface area contributed by atoms with E-state index >= 15 is 0 Å². The molecule has 0 spiro atoms. The zero-order chi connectivity index (χ0) is 20.2. The maximum atomic E-state index is 11.9. The molecule has 0 aromatic heterocycles. The van der Waals surface area contributed by atoms with Crippen LogP contribution in [-0.4, -0.2) is 29.7 Å². The Morgan fingerprint density at radius 1 is 1.15 bits per heavy atom. The third-order valence-corrected chi connectivity index (χ3v) is 5.89.